The molecule has 5 nitrogen and oxygen atoms in total. The maximum atomic E-state index is 5.22. The third-order valence-corrected chi connectivity index (χ3v) is 5.64. The highest BCUT2D eigenvalue weighted by Crippen LogP contribution is 2.21. The Kier molecular flexibility index (Phi) is 8.58. The van der Waals surface area contributed by atoms with Crippen LogP contribution in [-0.2, 0) is 6.42 Å². The number of ether oxygens (including phenoxy) is 1. The van der Waals surface area contributed by atoms with Gasteiger partial charge in [-0.25, -0.2) is 4.98 Å². The Hall–Kier alpha value is -2.08. The molecular weight excluding hydrogens is 356 g/mol. The number of guanidine groups is 1. The second kappa shape index (κ2) is 10.9. The zero-order valence-corrected chi connectivity index (χ0v) is 17.9. The van der Waals surface area contributed by atoms with E-state index < -0.39 is 0 Å². The molecule has 0 saturated heterocycles. The van der Waals surface area contributed by atoms with Crippen LogP contribution < -0.4 is 15.4 Å². The second-order valence-electron chi connectivity index (χ2n) is 6.64. The summed E-state index contributed by atoms with van der Waals surface area (Å²) in [6.07, 6.45) is 1.99. The predicted octanol–water partition coefficient (Wildman–Crippen LogP) is 4.06. The minimum atomic E-state index is 0.463. The summed E-state index contributed by atoms with van der Waals surface area (Å²) < 4.78 is 5.22. The van der Waals surface area contributed by atoms with E-state index in [1.807, 2.05) is 12.1 Å². The molecule has 2 N–H and O–H groups in total. The first-order valence-electron chi connectivity index (χ1n) is 9.62. The van der Waals surface area contributed by atoms with Gasteiger partial charge < -0.3 is 15.4 Å². The van der Waals surface area contributed by atoms with Crippen molar-refractivity contribution in [2.24, 2.45) is 4.99 Å². The SMILES string of the molecule is CCNC(=NCCC(C)c1ccc(OC)cc1)NCCc1sc(C)nc1C. The lowest BCUT2D eigenvalue weighted by molar-refractivity contribution is 0.414. The average molecular weight is 389 g/mol. The molecule has 1 unspecified atom stereocenters. The third kappa shape index (κ3) is 6.86. The summed E-state index contributed by atoms with van der Waals surface area (Å²) in [5.74, 6) is 2.25. The van der Waals surface area contributed by atoms with Crippen LogP contribution in [0.25, 0.3) is 0 Å². The number of aromatic nitrogens is 1. The van der Waals surface area contributed by atoms with Crippen molar-refractivity contribution in [2.75, 3.05) is 26.7 Å². The van der Waals surface area contributed by atoms with Crippen molar-refractivity contribution >= 4 is 17.3 Å². The van der Waals surface area contributed by atoms with E-state index in [2.05, 4.69) is 55.4 Å². The summed E-state index contributed by atoms with van der Waals surface area (Å²) in [6, 6.07) is 8.31. The van der Waals surface area contributed by atoms with E-state index >= 15 is 0 Å². The summed E-state index contributed by atoms with van der Waals surface area (Å²) in [4.78, 5) is 10.6. The molecule has 1 atom stereocenters. The molecule has 0 spiro atoms. The van der Waals surface area contributed by atoms with E-state index in [1.165, 1.54) is 10.4 Å². The number of hydrogen-bond acceptors (Lipinski definition) is 4. The van der Waals surface area contributed by atoms with Gasteiger partial charge in [0.25, 0.3) is 0 Å². The summed E-state index contributed by atoms with van der Waals surface area (Å²) >= 11 is 1.78. The van der Waals surface area contributed by atoms with Gasteiger partial charge in [0.1, 0.15) is 5.75 Å². The molecular formula is C21H32N4OS. The smallest absolute Gasteiger partial charge is 0.191 e. The van der Waals surface area contributed by atoms with Crippen molar-refractivity contribution in [3.63, 3.8) is 0 Å². The summed E-state index contributed by atoms with van der Waals surface area (Å²) in [6.45, 7) is 11.0. The Balaban J connectivity index is 1.81. The molecule has 0 aliphatic heterocycles. The van der Waals surface area contributed by atoms with Crippen molar-refractivity contribution < 1.29 is 4.74 Å². The number of methoxy groups -OCH3 is 1. The molecule has 0 radical (unpaired) electrons. The van der Waals surface area contributed by atoms with Gasteiger partial charge >= 0.3 is 0 Å². The molecule has 1 aromatic heterocycles. The van der Waals surface area contributed by atoms with E-state index in [1.54, 1.807) is 18.4 Å². The largest absolute Gasteiger partial charge is 0.497 e. The van der Waals surface area contributed by atoms with Gasteiger partial charge in [-0.05, 0) is 50.8 Å². The molecule has 1 aromatic carbocycles. The van der Waals surface area contributed by atoms with Gasteiger partial charge in [-0.1, -0.05) is 19.1 Å². The van der Waals surface area contributed by atoms with E-state index in [4.69, 9.17) is 9.73 Å². The lowest BCUT2D eigenvalue weighted by Crippen LogP contribution is -2.38. The van der Waals surface area contributed by atoms with Crippen LogP contribution in [0.3, 0.4) is 0 Å². The topological polar surface area (TPSA) is 58.5 Å². The Bertz CT molecular complexity index is 724. The second-order valence-corrected chi connectivity index (χ2v) is 7.93. The number of nitrogens with one attached hydrogen (secondary N) is 2. The molecule has 0 aliphatic carbocycles. The van der Waals surface area contributed by atoms with Gasteiger partial charge in [0.15, 0.2) is 5.96 Å². The van der Waals surface area contributed by atoms with Gasteiger partial charge in [-0.15, -0.1) is 11.3 Å². The van der Waals surface area contributed by atoms with Crippen LogP contribution in [0.5, 0.6) is 5.75 Å². The first-order chi connectivity index (χ1) is 13.0. The maximum absolute atomic E-state index is 5.22. The zero-order valence-electron chi connectivity index (χ0n) is 17.1. The van der Waals surface area contributed by atoms with Gasteiger partial charge in [-0.3, -0.25) is 4.99 Å². The van der Waals surface area contributed by atoms with Gasteiger partial charge in [0.05, 0.1) is 17.8 Å². The number of aliphatic imine (C=N–C) groups is 1. The van der Waals surface area contributed by atoms with Crippen molar-refractivity contribution in [1.29, 1.82) is 0 Å². The number of benzene rings is 1. The van der Waals surface area contributed by atoms with Gasteiger partial charge in [0, 0.05) is 30.9 Å². The molecule has 0 amide bonds. The van der Waals surface area contributed by atoms with E-state index in [9.17, 15) is 0 Å². The Morgan fingerprint density at radius 3 is 2.56 bits per heavy atom. The Morgan fingerprint density at radius 2 is 1.96 bits per heavy atom. The quantitative estimate of drug-likeness (QED) is 0.502. The van der Waals surface area contributed by atoms with E-state index in [0.717, 1.165) is 54.9 Å². The van der Waals surface area contributed by atoms with Gasteiger partial charge in [0.2, 0.25) is 0 Å². The standard InChI is InChI=1S/C21H32N4OS/c1-6-22-21(24-14-12-20-16(3)25-17(4)27-20)23-13-11-15(2)18-7-9-19(26-5)10-8-18/h7-10,15H,6,11-14H2,1-5H3,(H2,22,23,24). The van der Waals surface area contributed by atoms with Crippen LogP contribution in [0.15, 0.2) is 29.3 Å². The highest BCUT2D eigenvalue weighted by atomic mass is 32.1. The van der Waals surface area contributed by atoms with Gasteiger partial charge in [-0.2, -0.15) is 0 Å². The molecule has 2 rings (SSSR count). The normalized spacial score (nSPS) is 12.7. The molecule has 27 heavy (non-hydrogen) atoms. The first kappa shape index (κ1) is 21.2. The highest BCUT2D eigenvalue weighted by molar-refractivity contribution is 7.11. The highest BCUT2D eigenvalue weighted by Gasteiger charge is 2.07. The molecule has 6 heteroatoms. The van der Waals surface area contributed by atoms with Crippen molar-refractivity contribution in [3.05, 3.63) is 45.4 Å². The lowest BCUT2D eigenvalue weighted by atomic mass is 9.98. The maximum Gasteiger partial charge on any atom is 0.191 e. The number of thiazole rings is 1. The van der Waals surface area contributed by atoms with E-state index in [0.29, 0.717) is 5.92 Å². The van der Waals surface area contributed by atoms with E-state index in [-0.39, 0.29) is 0 Å². The predicted molar refractivity (Wildman–Crippen MR) is 115 cm³/mol. The molecule has 148 valence electrons. The van der Waals surface area contributed by atoms with Crippen LogP contribution in [0, 0.1) is 13.8 Å². The van der Waals surface area contributed by atoms with Crippen molar-refractivity contribution in [2.45, 2.75) is 46.5 Å². The van der Waals surface area contributed by atoms with Crippen LogP contribution in [-0.4, -0.2) is 37.7 Å². The molecule has 2 aromatic rings. The molecule has 0 aliphatic rings. The number of hydrogen-bond donors (Lipinski definition) is 2. The Morgan fingerprint density at radius 1 is 1.22 bits per heavy atom. The monoisotopic (exact) mass is 388 g/mol. The lowest BCUT2D eigenvalue weighted by Gasteiger charge is -2.13. The third-order valence-electron chi connectivity index (χ3n) is 4.51. The minimum Gasteiger partial charge on any atom is -0.497 e. The minimum absolute atomic E-state index is 0.463. The molecule has 0 bridgehead atoms. The first-order valence-corrected chi connectivity index (χ1v) is 10.4. The Labute approximate surface area is 167 Å². The van der Waals surface area contributed by atoms with Crippen LogP contribution in [0.4, 0.5) is 0 Å². The summed E-state index contributed by atoms with van der Waals surface area (Å²) in [5.41, 5.74) is 2.47. The fraction of sp³-hybridized carbons (Fsp3) is 0.524. The zero-order chi connectivity index (χ0) is 19.6. The fourth-order valence-electron chi connectivity index (χ4n) is 2.91. The van der Waals surface area contributed by atoms with Crippen LogP contribution in [0.1, 0.15) is 47.3 Å². The number of aryl methyl sites for hydroxylation is 2. The van der Waals surface area contributed by atoms with Crippen LogP contribution in [0.2, 0.25) is 0 Å². The number of nitrogens with zero attached hydrogens (tertiary/aromatic N) is 2. The molecule has 0 fully saturated rings. The number of rotatable bonds is 9. The fourth-order valence-corrected chi connectivity index (χ4v) is 3.85. The summed E-state index contributed by atoms with van der Waals surface area (Å²) in [5, 5.41) is 7.90. The van der Waals surface area contributed by atoms with Crippen molar-refractivity contribution in [1.82, 2.24) is 15.6 Å². The average Bonchev–Trinajstić information content (AvgIpc) is 2.99. The molecule has 0 saturated carbocycles. The molecule has 1 heterocycles. The van der Waals surface area contributed by atoms with Crippen LogP contribution >= 0.6 is 11.3 Å². The van der Waals surface area contributed by atoms with Crippen molar-refractivity contribution in [3.8, 4) is 5.75 Å². The summed E-state index contributed by atoms with van der Waals surface area (Å²) in [7, 11) is 1.69.